The molecule has 0 bridgehead atoms. The number of rotatable bonds is 9. The molecule has 2 nitrogen and oxygen atoms in total. The lowest BCUT2D eigenvalue weighted by atomic mass is 10.2. The Morgan fingerprint density at radius 3 is 2.42 bits per heavy atom. The topological polar surface area (TPSA) is 15.3 Å². The van der Waals surface area contributed by atoms with Gasteiger partial charge in [0.25, 0.3) is 0 Å². The molecule has 0 aliphatic heterocycles. The fourth-order valence-electron chi connectivity index (χ4n) is 1.78. The average Bonchev–Trinajstić information content (AvgIpc) is 2.36. The Kier molecular flexibility index (Phi) is 8.19. The zero-order chi connectivity index (χ0) is 14.1. The van der Waals surface area contributed by atoms with Crippen molar-refractivity contribution >= 4 is 11.8 Å². The standard InChI is InChI=1S/C16H28N2S/c1-14(2)12-17-13-15-6-8-16(9-7-15)19-11-5-10-18(3)4/h6-9,14,17H,5,10-13H2,1-4H3. The highest BCUT2D eigenvalue weighted by molar-refractivity contribution is 7.99. The van der Waals surface area contributed by atoms with Gasteiger partial charge < -0.3 is 10.2 Å². The Morgan fingerprint density at radius 2 is 1.84 bits per heavy atom. The molecule has 1 aromatic rings. The van der Waals surface area contributed by atoms with Crippen LogP contribution in [0, 0.1) is 5.92 Å². The minimum absolute atomic E-state index is 0.714. The maximum absolute atomic E-state index is 3.47. The Balaban J connectivity index is 2.23. The Bertz CT molecular complexity index is 333. The second-order valence-electron chi connectivity index (χ2n) is 5.67. The summed E-state index contributed by atoms with van der Waals surface area (Å²) in [4.78, 5) is 3.62. The molecule has 0 saturated carbocycles. The summed E-state index contributed by atoms with van der Waals surface area (Å²) >= 11 is 1.95. The van der Waals surface area contributed by atoms with Gasteiger partial charge in [-0.2, -0.15) is 0 Å². The van der Waals surface area contributed by atoms with E-state index in [1.807, 2.05) is 11.8 Å². The van der Waals surface area contributed by atoms with Gasteiger partial charge in [0.1, 0.15) is 0 Å². The van der Waals surface area contributed by atoms with Crippen molar-refractivity contribution in [2.75, 3.05) is 32.9 Å². The fourth-order valence-corrected chi connectivity index (χ4v) is 2.62. The molecule has 0 heterocycles. The maximum Gasteiger partial charge on any atom is 0.0205 e. The van der Waals surface area contributed by atoms with Gasteiger partial charge in [-0.3, -0.25) is 0 Å². The lowest BCUT2D eigenvalue weighted by molar-refractivity contribution is 0.410. The van der Waals surface area contributed by atoms with Gasteiger partial charge in [-0.15, -0.1) is 11.8 Å². The van der Waals surface area contributed by atoms with E-state index in [1.54, 1.807) is 0 Å². The van der Waals surface area contributed by atoms with E-state index in [4.69, 9.17) is 0 Å². The van der Waals surface area contributed by atoms with Gasteiger partial charge in [0.05, 0.1) is 0 Å². The quantitative estimate of drug-likeness (QED) is 0.551. The first-order valence-corrected chi connectivity index (χ1v) is 8.13. The van der Waals surface area contributed by atoms with Crippen molar-refractivity contribution in [1.82, 2.24) is 10.2 Å². The summed E-state index contributed by atoms with van der Waals surface area (Å²) in [7, 11) is 4.26. The fraction of sp³-hybridized carbons (Fsp3) is 0.625. The zero-order valence-electron chi connectivity index (χ0n) is 12.8. The van der Waals surface area contributed by atoms with Gasteiger partial charge in [-0.1, -0.05) is 26.0 Å². The second-order valence-corrected chi connectivity index (χ2v) is 6.84. The third kappa shape index (κ3) is 8.30. The molecule has 0 spiro atoms. The average molecular weight is 280 g/mol. The molecule has 0 unspecified atom stereocenters. The molecule has 108 valence electrons. The monoisotopic (exact) mass is 280 g/mol. The second kappa shape index (κ2) is 9.40. The van der Waals surface area contributed by atoms with Gasteiger partial charge >= 0.3 is 0 Å². The predicted octanol–water partition coefficient (Wildman–Crippen LogP) is 3.48. The van der Waals surface area contributed by atoms with Crippen LogP contribution in [0.4, 0.5) is 0 Å². The molecule has 0 fully saturated rings. The van der Waals surface area contributed by atoms with Gasteiger partial charge in [-0.25, -0.2) is 0 Å². The van der Waals surface area contributed by atoms with Gasteiger partial charge in [-0.05, 0) is 63.0 Å². The smallest absolute Gasteiger partial charge is 0.0205 e. The van der Waals surface area contributed by atoms with Crippen molar-refractivity contribution in [2.24, 2.45) is 5.92 Å². The molecule has 1 rings (SSSR count). The number of benzene rings is 1. The van der Waals surface area contributed by atoms with E-state index in [-0.39, 0.29) is 0 Å². The first-order valence-electron chi connectivity index (χ1n) is 7.15. The first-order chi connectivity index (χ1) is 9.08. The molecule has 1 aromatic carbocycles. The number of hydrogen-bond acceptors (Lipinski definition) is 3. The van der Waals surface area contributed by atoms with Gasteiger partial charge in [0.2, 0.25) is 0 Å². The van der Waals surface area contributed by atoms with Crippen molar-refractivity contribution in [3.8, 4) is 0 Å². The van der Waals surface area contributed by atoms with E-state index in [0.717, 1.165) is 13.1 Å². The van der Waals surface area contributed by atoms with Crippen LogP contribution in [-0.2, 0) is 6.54 Å². The van der Waals surface area contributed by atoms with Crippen LogP contribution < -0.4 is 5.32 Å². The molecule has 0 aromatic heterocycles. The summed E-state index contributed by atoms with van der Waals surface area (Å²) in [6.07, 6.45) is 1.25. The van der Waals surface area contributed by atoms with Crippen LogP contribution in [0.1, 0.15) is 25.8 Å². The van der Waals surface area contributed by atoms with E-state index in [2.05, 4.69) is 62.4 Å². The molecule has 19 heavy (non-hydrogen) atoms. The SMILES string of the molecule is CC(C)CNCc1ccc(SCCCN(C)C)cc1. The van der Waals surface area contributed by atoms with Crippen LogP contribution in [-0.4, -0.2) is 37.8 Å². The van der Waals surface area contributed by atoms with Crippen LogP contribution in [0.25, 0.3) is 0 Å². The highest BCUT2D eigenvalue weighted by atomic mass is 32.2. The normalized spacial score (nSPS) is 11.5. The molecule has 0 amide bonds. The van der Waals surface area contributed by atoms with E-state index in [9.17, 15) is 0 Å². The minimum Gasteiger partial charge on any atom is -0.312 e. The molecule has 0 aliphatic carbocycles. The van der Waals surface area contributed by atoms with E-state index >= 15 is 0 Å². The minimum atomic E-state index is 0.714. The van der Waals surface area contributed by atoms with Crippen molar-refractivity contribution in [3.63, 3.8) is 0 Å². The Morgan fingerprint density at radius 1 is 1.16 bits per heavy atom. The highest BCUT2D eigenvalue weighted by Crippen LogP contribution is 2.19. The van der Waals surface area contributed by atoms with E-state index < -0.39 is 0 Å². The maximum atomic E-state index is 3.47. The number of nitrogens with zero attached hydrogens (tertiary/aromatic N) is 1. The third-order valence-corrected chi connectivity index (χ3v) is 3.92. The Labute approximate surface area is 123 Å². The van der Waals surface area contributed by atoms with Gasteiger partial charge in [0.15, 0.2) is 0 Å². The van der Waals surface area contributed by atoms with E-state index in [0.29, 0.717) is 5.92 Å². The summed E-state index contributed by atoms with van der Waals surface area (Å²) < 4.78 is 0. The highest BCUT2D eigenvalue weighted by Gasteiger charge is 1.98. The van der Waals surface area contributed by atoms with Crippen molar-refractivity contribution in [1.29, 1.82) is 0 Å². The molecule has 0 radical (unpaired) electrons. The summed E-state index contributed by atoms with van der Waals surface area (Å²) in [6.45, 7) is 7.70. The summed E-state index contributed by atoms with van der Waals surface area (Å²) in [5.74, 6) is 1.91. The first kappa shape index (κ1) is 16.5. The van der Waals surface area contributed by atoms with Crippen LogP contribution in [0.2, 0.25) is 0 Å². The summed E-state index contributed by atoms with van der Waals surface area (Å²) in [6, 6.07) is 8.96. The zero-order valence-corrected chi connectivity index (χ0v) is 13.6. The molecular formula is C16H28N2S. The van der Waals surface area contributed by atoms with Crippen LogP contribution in [0.5, 0.6) is 0 Å². The van der Waals surface area contributed by atoms with Crippen molar-refractivity contribution in [2.45, 2.75) is 31.7 Å². The predicted molar refractivity (Wildman–Crippen MR) is 86.9 cm³/mol. The van der Waals surface area contributed by atoms with Crippen LogP contribution in [0.3, 0.4) is 0 Å². The Hall–Kier alpha value is -0.510. The lowest BCUT2D eigenvalue weighted by Gasteiger charge is -2.09. The third-order valence-electron chi connectivity index (χ3n) is 2.82. The largest absolute Gasteiger partial charge is 0.312 e. The van der Waals surface area contributed by atoms with Crippen LogP contribution in [0.15, 0.2) is 29.2 Å². The lowest BCUT2D eigenvalue weighted by Crippen LogP contribution is -2.18. The number of nitrogens with one attached hydrogen (secondary N) is 1. The summed E-state index contributed by atoms with van der Waals surface area (Å²) in [5.41, 5.74) is 1.37. The van der Waals surface area contributed by atoms with Crippen LogP contribution >= 0.6 is 11.8 Å². The molecule has 0 atom stereocenters. The molecule has 1 N–H and O–H groups in total. The summed E-state index contributed by atoms with van der Waals surface area (Å²) in [5, 5.41) is 3.47. The molecule has 3 heteroatoms. The molecule has 0 saturated heterocycles. The molecular weight excluding hydrogens is 252 g/mol. The molecule has 0 aliphatic rings. The van der Waals surface area contributed by atoms with Gasteiger partial charge in [0, 0.05) is 11.4 Å². The van der Waals surface area contributed by atoms with Crippen molar-refractivity contribution in [3.05, 3.63) is 29.8 Å². The van der Waals surface area contributed by atoms with E-state index in [1.165, 1.54) is 29.2 Å². The number of thioether (sulfide) groups is 1. The number of hydrogen-bond donors (Lipinski definition) is 1. The van der Waals surface area contributed by atoms with Crippen molar-refractivity contribution < 1.29 is 0 Å².